The number of likely N-dealkylation sites (tertiary alicyclic amines) is 1. The van der Waals surface area contributed by atoms with Gasteiger partial charge in [-0.15, -0.1) is 0 Å². The zero-order valence-corrected chi connectivity index (χ0v) is 13.6. The van der Waals surface area contributed by atoms with Crippen molar-refractivity contribution in [2.45, 2.75) is 46.1 Å². The van der Waals surface area contributed by atoms with E-state index in [4.69, 9.17) is 0 Å². The van der Waals surface area contributed by atoms with E-state index in [1.165, 1.54) is 63.2 Å². The van der Waals surface area contributed by atoms with Crippen LogP contribution >= 0.6 is 0 Å². The fourth-order valence-corrected chi connectivity index (χ4v) is 3.83. The van der Waals surface area contributed by atoms with Crippen molar-refractivity contribution in [3.8, 4) is 0 Å². The Balaban J connectivity index is 1.65. The first-order chi connectivity index (χ1) is 10.2. The summed E-state index contributed by atoms with van der Waals surface area (Å²) in [7, 11) is 0. The second-order valence-electron chi connectivity index (χ2n) is 7.18. The van der Waals surface area contributed by atoms with Crippen molar-refractivity contribution in [2.75, 3.05) is 31.1 Å². The number of anilines is 1. The van der Waals surface area contributed by atoms with E-state index in [-0.39, 0.29) is 0 Å². The summed E-state index contributed by atoms with van der Waals surface area (Å²) >= 11 is 0. The minimum atomic E-state index is 0.818. The fourth-order valence-electron chi connectivity index (χ4n) is 3.83. The van der Waals surface area contributed by atoms with E-state index >= 15 is 0 Å². The summed E-state index contributed by atoms with van der Waals surface area (Å²) in [6.07, 6.45) is 7.42. The van der Waals surface area contributed by atoms with Crippen LogP contribution in [0.2, 0.25) is 0 Å². The first-order valence-corrected chi connectivity index (χ1v) is 8.63. The fraction of sp³-hybridized carbons (Fsp3) is 0.722. The Morgan fingerprint density at radius 2 is 1.86 bits per heavy atom. The third-order valence-electron chi connectivity index (χ3n) is 4.95. The highest BCUT2D eigenvalue weighted by Crippen LogP contribution is 2.24. The molecule has 1 aromatic rings. The lowest BCUT2D eigenvalue weighted by molar-refractivity contribution is 0.175. The molecular formula is C18H29N3. The second kappa shape index (κ2) is 6.78. The van der Waals surface area contributed by atoms with E-state index in [9.17, 15) is 0 Å². The molecule has 116 valence electrons. The zero-order chi connectivity index (χ0) is 14.7. The van der Waals surface area contributed by atoms with E-state index in [2.05, 4.69) is 40.8 Å². The first kappa shape index (κ1) is 14.8. The predicted molar refractivity (Wildman–Crippen MR) is 88.5 cm³/mol. The van der Waals surface area contributed by atoms with E-state index in [0.717, 1.165) is 18.4 Å². The number of piperidine rings is 2. The number of nitrogens with zero attached hydrogens (tertiary/aromatic N) is 3. The smallest absolute Gasteiger partial charge is 0.0564 e. The van der Waals surface area contributed by atoms with Gasteiger partial charge in [-0.3, -0.25) is 9.88 Å². The molecule has 3 nitrogen and oxygen atoms in total. The maximum absolute atomic E-state index is 4.60. The van der Waals surface area contributed by atoms with E-state index < -0.39 is 0 Å². The van der Waals surface area contributed by atoms with Crippen LogP contribution in [0.1, 0.15) is 45.2 Å². The normalized spacial score (nSPS) is 27.8. The molecule has 0 aliphatic carbocycles. The van der Waals surface area contributed by atoms with Gasteiger partial charge in [-0.1, -0.05) is 13.8 Å². The molecule has 2 aliphatic heterocycles. The molecule has 0 saturated carbocycles. The molecule has 2 atom stereocenters. The van der Waals surface area contributed by atoms with Gasteiger partial charge in [0, 0.05) is 38.1 Å². The topological polar surface area (TPSA) is 19.4 Å². The van der Waals surface area contributed by atoms with Crippen LogP contribution < -0.4 is 4.90 Å². The lowest BCUT2D eigenvalue weighted by Crippen LogP contribution is -2.35. The van der Waals surface area contributed by atoms with Crippen LogP contribution in [0, 0.1) is 11.8 Å². The summed E-state index contributed by atoms with van der Waals surface area (Å²) in [5.41, 5.74) is 2.61. The lowest BCUT2D eigenvalue weighted by Gasteiger charge is -2.33. The van der Waals surface area contributed by atoms with E-state index in [0.29, 0.717) is 0 Å². The Morgan fingerprint density at radius 1 is 1.10 bits per heavy atom. The highest BCUT2D eigenvalue weighted by Gasteiger charge is 2.19. The van der Waals surface area contributed by atoms with Crippen LogP contribution in [-0.2, 0) is 6.54 Å². The Morgan fingerprint density at radius 3 is 2.62 bits per heavy atom. The third-order valence-corrected chi connectivity index (χ3v) is 4.95. The van der Waals surface area contributed by atoms with Crippen LogP contribution in [0.25, 0.3) is 0 Å². The molecule has 0 aromatic carbocycles. The van der Waals surface area contributed by atoms with Crippen LogP contribution in [0.3, 0.4) is 0 Å². The van der Waals surface area contributed by atoms with Crippen LogP contribution in [-0.4, -0.2) is 36.1 Å². The van der Waals surface area contributed by atoms with E-state index in [1.807, 2.05) is 6.20 Å². The molecule has 3 heteroatoms. The zero-order valence-electron chi connectivity index (χ0n) is 13.6. The lowest BCUT2D eigenvalue weighted by atomic mass is 9.99. The van der Waals surface area contributed by atoms with Gasteiger partial charge in [0.05, 0.1) is 5.69 Å². The molecule has 2 saturated heterocycles. The van der Waals surface area contributed by atoms with Crippen LogP contribution in [0.15, 0.2) is 18.3 Å². The molecule has 0 N–H and O–H groups in total. The standard InChI is InChI=1S/C18H29N3/c1-15-5-3-9-20(12-15)14-17-11-18(7-8-19-17)21-10-4-6-16(2)13-21/h7-8,11,15-16H,3-6,9-10,12-14H2,1-2H3/t15-,16-/m1/s1. The molecule has 3 heterocycles. The molecule has 0 radical (unpaired) electrons. The van der Waals surface area contributed by atoms with Gasteiger partial charge in [-0.25, -0.2) is 0 Å². The second-order valence-corrected chi connectivity index (χ2v) is 7.18. The molecule has 3 rings (SSSR count). The van der Waals surface area contributed by atoms with Gasteiger partial charge in [-0.05, 0) is 56.2 Å². The van der Waals surface area contributed by atoms with Gasteiger partial charge in [0.2, 0.25) is 0 Å². The first-order valence-electron chi connectivity index (χ1n) is 8.63. The minimum Gasteiger partial charge on any atom is -0.371 e. The molecule has 0 amide bonds. The number of aromatic nitrogens is 1. The number of pyridine rings is 1. The average Bonchev–Trinajstić information content (AvgIpc) is 2.47. The van der Waals surface area contributed by atoms with Crippen molar-refractivity contribution in [3.05, 3.63) is 24.0 Å². The van der Waals surface area contributed by atoms with Gasteiger partial charge in [0.1, 0.15) is 0 Å². The van der Waals surface area contributed by atoms with Crippen molar-refractivity contribution in [1.82, 2.24) is 9.88 Å². The summed E-state index contributed by atoms with van der Waals surface area (Å²) in [4.78, 5) is 9.71. The SMILES string of the molecule is C[C@@H]1CCCN(Cc2cc(N3CCC[C@@H](C)C3)ccn2)C1. The van der Waals surface area contributed by atoms with Gasteiger partial charge < -0.3 is 4.90 Å². The summed E-state index contributed by atoms with van der Waals surface area (Å²) in [6.45, 7) is 10.6. The van der Waals surface area contributed by atoms with Gasteiger partial charge >= 0.3 is 0 Å². The Labute approximate surface area is 129 Å². The Bertz CT molecular complexity index is 460. The quantitative estimate of drug-likeness (QED) is 0.847. The molecule has 21 heavy (non-hydrogen) atoms. The summed E-state index contributed by atoms with van der Waals surface area (Å²) < 4.78 is 0. The minimum absolute atomic E-state index is 0.818. The molecule has 2 aliphatic rings. The molecule has 0 bridgehead atoms. The van der Waals surface area contributed by atoms with Crippen molar-refractivity contribution in [2.24, 2.45) is 11.8 Å². The highest BCUT2D eigenvalue weighted by molar-refractivity contribution is 5.47. The predicted octanol–water partition coefficient (Wildman–Crippen LogP) is 3.55. The van der Waals surface area contributed by atoms with E-state index in [1.54, 1.807) is 0 Å². The Hall–Kier alpha value is -1.09. The Kier molecular flexibility index (Phi) is 4.79. The number of rotatable bonds is 3. The van der Waals surface area contributed by atoms with Crippen LogP contribution in [0.4, 0.5) is 5.69 Å². The van der Waals surface area contributed by atoms with Crippen molar-refractivity contribution < 1.29 is 0 Å². The highest BCUT2D eigenvalue weighted by atomic mass is 15.2. The number of hydrogen-bond acceptors (Lipinski definition) is 3. The maximum atomic E-state index is 4.60. The molecule has 1 aromatic heterocycles. The summed E-state index contributed by atoms with van der Waals surface area (Å²) in [5, 5.41) is 0. The maximum Gasteiger partial charge on any atom is 0.0564 e. The third kappa shape index (κ3) is 3.97. The molecule has 0 unspecified atom stereocenters. The van der Waals surface area contributed by atoms with Gasteiger partial charge in [0.15, 0.2) is 0 Å². The number of hydrogen-bond donors (Lipinski definition) is 0. The largest absolute Gasteiger partial charge is 0.371 e. The average molecular weight is 287 g/mol. The van der Waals surface area contributed by atoms with Crippen LogP contribution in [0.5, 0.6) is 0 Å². The molecular weight excluding hydrogens is 258 g/mol. The monoisotopic (exact) mass is 287 g/mol. The van der Waals surface area contributed by atoms with Gasteiger partial charge in [0.25, 0.3) is 0 Å². The molecule has 0 spiro atoms. The van der Waals surface area contributed by atoms with Crippen molar-refractivity contribution in [3.63, 3.8) is 0 Å². The molecule has 2 fully saturated rings. The van der Waals surface area contributed by atoms with Crippen molar-refractivity contribution >= 4 is 5.69 Å². The van der Waals surface area contributed by atoms with Gasteiger partial charge in [-0.2, -0.15) is 0 Å². The van der Waals surface area contributed by atoms with Crippen molar-refractivity contribution in [1.29, 1.82) is 0 Å². The summed E-state index contributed by atoms with van der Waals surface area (Å²) in [5.74, 6) is 1.66. The summed E-state index contributed by atoms with van der Waals surface area (Å²) in [6, 6.07) is 4.50.